The van der Waals surface area contributed by atoms with Gasteiger partial charge in [0.05, 0.1) is 5.75 Å². The van der Waals surface area contributed by atoms with Gasteiger partial charge in [0.25, 0.3) is 0 Å². The van der Waals surface area contributed by atoms with E-state index in [1.54, 1.807) is 6.07 Å². The molecule has 1 fully saturated rings. The minimum atomic E-state index is -3.32. The van der Waals surface area contributed by atoms with Crippen molar-refractivity contribution >= 4 is 16.0 Å². The van der Waals surface area contributed by atoms with Crippen LogP contribution in [0.5, 0.6) is 0 Å². The molecular weight excluding hydrogens is 252 g/mol. The highest BCUT2D eigenvalue weighted by atomic mass is 32.2. The molecule has 1 aliphatic carbocycles. The molecule has 1 aliphatic rings. The maximum Gasteiger partial charge on any atom is 0.236 e. The van der Waals surface area contributed by atoms with Crippen LogP contribution in [0.4, 0.5) is 5.95 Å². The number of hydrogen-bond donors (Lipinski definition) is 2. The molecule has 1 saturated carbocycles. The van der Waals surface area contributed by atoms with Crippen LogP contribution in [0.25, 0.3) is 0 Å². The Balaban J connectivity index is 1.66. The Morgan fingerprint density at radius 3 is 2.61 bits per heavy atom. The predicted octanol–water partition coefficient (Wildman–Crippen LogP) is 0.750. The molecule has 0 saturated heterocycles. The summed E-state index contributed by atoms with van der Waals surface area (Å²) < 4.78 is 25.8. The smallest absolute Gasteiger partial charge is 0.236 e. The van der Waals surface area contributed by atoms with Crippen LogP contribution in [0.1, 0.15) is 25.7 Å². The van der Waals surface area contributed by atoms with E-state index in [1.165, 1.54) is 25.2 Å². The van der Waals surface area contributed by atoms with Crippen molar-refractivity contribution in [3.05, 3.63) is 18.5 Å². The molecular formula is C11H18N4O2S. The van der Waals surface area contributed by atoms with Gasteiger partial charge in [-0.15, -0.1) is 0 Å². The first kappa shape index (κ1) is 13.2. The Morgan fingerprint density at radius 1 is 1.22 bits per heavy atom. The first-order chi connectivity index (χ1) is 8.66. The maximum absolute atomic E-state index is 11.7. The number of rotatable bonds is 8. The maximum atomic E-state index is 11.7. The van der Waals surface area contributed by atoms with Gasteiger partial charge in [0.15, 0.2) is 0 Å². The zero-order chi connectivity index (χ0) is 12.8. The number of hydrogen-bond acceptors (Lipinski definition) is 5. The fraction of sp³-hybridized carbons (Fsp3) is 0.636. The minimum absolute atomic E-state index is 0.109. The summed E-state index contributed by atoms with van der Waals surface area (Å²) in [6.45, 7) is 0.891. The van der Waals surface area contributed by atoms with E-state index in [1.807, 2.05) is 0 Å². The average Bonchev–Trinajstić information content (AvgIpc) is 3.13. The van der Waals surface area contributed by atoms with Gasteiger partial charge in [-0.25, -0.2) is 18.4 Å². The van der Waals surface area contributed by atoms with E-state index in [9.17, 15) is 8.42 Å². The molecule has 1 heterocycles. The second kappa shape index (κ2) is 6.10. The summed E-state index contributed by atoms with van der Waals surface area (Å²) >= 11 is 0. The molecule has 2 N–H and O–H groups in total. The second-order valence-electron chi connectivity index (χ2n) is 4.43. The molecule has 0 spiro atoms. The van der Waals surface area contributed by atoms with Crippen molar-refractivity contribution in [2.75, 3.05) is 17.0 Å². The molecule has 6 nitrogen and oxygen atoms in total. The topological polar surface area (TPSA) is 84.0 Å². The van der Waals surface area contributed by atoms with Crippen LogP contribution < -0.4 is 10.0 Å². The van der Waals surface area contributed by atoms with Crippen LogP contribution >= 0.6 is 0 Å². The number of aromatic nitrogens is 2. The third kappa shape index (κ3) is 4.97. The second-order valence-corrected chi connectivity index (χ2v) is 6.27. The van der Waals surface area contributed by atoms with E-state index in [-0.39, 0.29) is 11.7 Å². The monoisotopic (exact) mass is 270 g/mol. The first-order valence-electron chi connectivity index (χ1n) is 6.17. The molecule has 100 valence electrons. The molecule has 0 bridgehead atoms. The van der Waals surface area contributed by atoms with Gasteiger partial charge in [-0.3, -0.25) is 4.72 Å². The SMILES string of the molecule is O=S(=O)(CCCCNC1CC1)Nc1ncccn1. The van der Waals surface area contributed by atoms with Crippen LogP contribution in [-0.2, 0) is 10.0 Å². The Kier molecular flexibility index (Phi) is 4.48. The van der Waals surface area contributed by atoms with Crippen LogP contribution in [0.2, 0.25) is 0 Å². The molecule has 0 amide bonds. The summed E-state index contributed by atoms with van der Waals surface area (Å²) in [6.07, 6.45) is 7.03. The molecule has 0 aliphatic heterocycles. The van der Waals surface area contributed by atoms with Crippen molar-refractivity contribution in [1.29, 1.82) is 0 Å². The van der Waals surface area contributed by atoms with E-state index < -0.39 is 10.0 Å². The zero-order valence-electron chi connectivity index (χ0n) is 10.2. The Labute approximate surface area is 107 Å². The van der Waals surface area contributed by atoms with Crippen molar-refractivity contribution < 1.29 is 8.42 Å². The largest absolute Gasteiger partial charge is 0.314 e. The molecule has 1 aromatic heterocycles. The normalized spacial score (nSPS) is 15.6. The van der Waals surface area contributed by atoms with E-state index in [4.69, 9.17) is 0 Å². The Bertz CT molecular complexity index is 459. The molecule has 1 aromatic rings. The van der Waals surface area contributed by atoms with Gasteiger partial charge in [0, 0.05) is 18.4 Å². The van der Waals surface area contributed by atoms with Gasteiger partial charge in [0.1, 0.15) is 0 Å². The van der Waals surface area contributed by atoms with Crippen LogP contribution in [0.15, 0.2) is 18.5 Å². The highest BCUT2D eigenvalue weighted by Gasteiger charge is 2.19. The number of nitrogens with one attached hydrogen (secondary N) is 2. The van der Waals surface area contributed by atoms with Crippen molar-refractivity contribution in [2.45, 2.75) is 31.7 Å². The lowest BCUT2D eigenvalue weighted by molar-refractivity contribution is 0.590. The number of nitrogens with zero attached hydrogens (tertiary/aromatic N) is 2. The highest BCUT2D eigenvalue weighted by Crippen LogP contribution is 2.18. The minimum Gasteiger partial charge on any atom is -0.314 e. The van der Waals surface area contributed by atoms with Crippen LogP contribution in [0, 0.1) is 0 Å². The molecule has 2 rings (SSSR count). The number of unbranched alkanes of at least 4 members (excludes halogenated alkanes) is 1. The van der Waals surface area contributed by atoms with Crippen molar-refractivity contribution in [3.8, 4) is 0 Å². The fourth-order valence-electron chi connectivity index (χ4n) is 1.55. The van der Waals surface area contributed by atoms with Gasteiger partial charge < -0.3 is 5.32 Å². The van der Waals surface area contributed by atoms with E-state index in [0.29, 0.717) is 12.5 Å². The van der Waals surface area contributed by atoms with Crippen molar-refractivity contribution in [2.24, 2.45) is 0 Å². The third-order valence-corrected chi connectivity index (χ3v) is 3.98. The molecule has 18 heavy (non-hydrogen) atoms. The average molecular weight is 270 g/mol. The van der Waals surface area contributed by atoms with Gasteiger partial charge in [-0.05, 0) is 38.3 Å². The van der Waals surface area contributed by atoms with Gasteiger partial charge >= 0.3 is 0 Å². The Hall–Kier alpha value is -1.21. The highest BCUT2D eigenvalue weighted by molar-refractivity contribution is 7.92. The standard InChI is InChI=1S/C11H18N4O2S/c16-18(17,15-11-13-7-3-8-14-11)9-2-1-6-12-10-4-5-10/h3,7-8,10,12H,1-2,4-6,9H2,(H,13,14,15). The van der Waals surface area contributed by atoms with Crippen molar-refractivity contribution in [3.63, 3.8) is 0 Å². The zero-order valence-corrected chi connectivity index (χ0v) is 11.0. The van der Waals surface area contributed by atoms with E-state index >= 15 is 0 Å². The summed E-state index contributed by atoms with van der Waals surface area (Å²) in [5.74, 6) is 0.242. The van der Waals surface area contributed by atoms with Gasteiger partial charge in [0.2, 0.25) is 16.0 Å². The fourth-order valence-corrected chi connectivity index (χ4v) is 2.62. The summed E-state index contributed by atoms with van der Waals surface area (Å²) in [4.78, 5) is 7.65. The molecule has 0 unspecified atom stereocenters. The van der Waals surface area contributed by atoms with E-state index in [2.05, 4.69) is 20.0 Å². The van der Waals surface area contributed by atoms with Crippen LogP contribution in [-0.4, -0.2) is 36.7 Å². The van der Waals surface area contributed by atoms with Gasteiger partial charge in [-0.2, -0.15) is 0 Å². The lowest BCUT2D eigenvalue weighted by atomic mass is 10.3. The van der Waals surface area contributed by atoms with Crippen LogP contribution in [0.3, 0.4) is 0 Å². The summed E-state index contributed by atoms with van der Waals surface area (Å²) in [6, 6.07) is 2.32. The lowest BCUT2D eigenvalue weighted by Crippen LogP contribution is -2.21. The molecule has 0 aromatic carbocycles. The quantitative estimate of drug-likeness (QED) is 0.681. The Morgan fingerprint density at radius 2 is 1.94 bits per heavy atom. The molecule has 0 radical (unpaired) electrons. The lowest BCUT2D eigenvalue weighted by Gasteiger charge is -2.06. The summed E-state index contributed by atoms with van der Waals surface area (Å²) in [5, 5.41) is 3.35. The van der Waals surface area contributed by atoms with Crippen molar-refractivity contribution in [1.82, 2.24) is 15.3 Å². The third-order valence-electron chi connectivity index (χ3n) is 2.66. The number of sulfonamides is 1. The van der Waals surface area contributed by atoms with E-state index in [0.717, 1.165) is 13.0 Å². The molecule has 7 heteroatoms. The summed E-state index contributed by atoms with van der Waals surface area (Å²) in [5.41, 5.74) is 0. The summed E-state index contributed by atoms with van der Waals surface area (Å²) in [7, 11) is -3.32. The van der Waals surface area contributed by atoms with Gasteiger partial charge in [-0.1, -0.05) is 0 Å². The number of anilines is 1. The first-order valence-corrected chi connectivity index (χ1v) is 7.82. The predicted molar refractivity (Wildman–Crippen MR) is 69.7 cm³/mol. The molecule has 0 atom stereocenters.